The zero-order chi connectivity index (χ0) is 10.3. The molecule has 0 saturated carbocycles. The lowest BCUT2D eigenvalue weighted by Crippen LogP contribution is -2.17. The molecular weight excluding hydrogens is 188 g/mol. The number of rotatable bonds is 0. The van der Waals surface area contributed by atoms with Gasteiger partial charge >= 0.3 is 0 Å². The van der Waals surface area contributed by atoms with Gasteiger partial charge in [0.15, 0.2) is 5.65 Å². The van der Waals surface area contributed by atoms with Gasteiger partial charge in [-0.15, -0.1) is 0 Å². The van der Waals surface area contributed by atoms with Crippen molar-refractivity contribution in [3.05, 3.63) is 29.7 Å². The molecule has 0 unspecified atom stereocenters. The number of nitrogens with zero attached hydrogens (tertiary/aromatic N) is 4. The first-order valence-corrected chi connectivity index (χ1v) is 5.33. The molecule has 3 heterocycles. The smallest absolute Gasteiger partial charge is 0.155 e. The third-order valence-electron chi connectivity index (χ3n) is 2.95. The van der Waals surface area contributed by atoms with Crippen LogP contribution in [0, 0.1) is 0 Å². The minimum absolute atomic E-state index is 0.948. The van der Waals surface area contributed by atoms with Crippen LogP contribution >= 0.6 is 0 Å². The highest BCUT2D eigenvalue weighted by Crippen LogP contribution is 2.16. The van der Waals surface area contributed by atoms with E-state index in [1.165, 1.54) is 17.7 Å². The summed E-state index contributed by atoms with van der Waals surface area (Å²) in [7, 11) is 2.15. The van der Waals surface area contributed by atoms with Gasteiger partial charge in [-0.3, -0.25) is 0 Å². The van der Waals surface area contributed by atoms with Crippen LogP contribution in [0.25, 0.3) is 5.65 Å². The average molecular weight is 202 g/mol. The number of fused-ring (bicyclic) bond motifs is 2. The van der Waals surface area contributed by atoms with Gasteiger partial charge in [0.05, 0.1) is 11.9 Å². The highest BCUT2D eigenvalue weighted by molar-refractivity contribution is 5.39. The molecular formula is C11H14N4. The normalized spacial score (nSPS) is 17.7. The first-order valence-electron chi connectivity index (χ1n) is 5.33. The minimum atomic E-state index is 0.948. The Kier molecular flexibility index (Phi) is 1.95. The molecule has 2 aromatic heterocycles. The van der Waals surface area contributed by atoms with Crippen LogP contribution in [0.15, 0.2) is 18.5 Å². The average Bonchev–Trinajstić information content (AvgIpc) is 2.57. The molecule has 0 atom stereocenters. The quantitative estimate of drug-likeness (QED) is 0.641. The largest absolute Gasteiger partial charge is 0.301 e. The molecule has 0 radical (unpaired) electrons. The molecule has 1 aliphatic rings. The molecule has 4 nitrogen and oxygen atoms in total. The first kappa shape index (κ1) is 8.85. The van der Waals surface area contributed by atoms with Crippen LogP contribution in [0.3, 0.4) is 0 Å². The Morgan fingerprint density at radius 3 is 3.27 bits per heavy atom. The summed E-state index contributed by atoms with van der Waals surface area (Å²) in [5, 5.41) is 4.22. The Morgan fingerprint density at radius 2 is 2.33 bits per heavy atom. The second-order valence-corrected chi connectivity index (χ2v) is 4.19. The van der Waals surface area contributed by atoms with Gasteiger partial charge < -0.3 is 4.90 Å². The van der Waals surface area contributed by atoms with Gasteiger partial charge in [-0.25, -0.2) is 9.50 Å². The topological polar surface area (TPSA) is 33.4 Å². The number of aryl methyl sites for hydroxylation is 1. The molecule has 3 rings (SSSR count). The predicted octanol–water partition coefficient (Wildman–Crippen LogP) is 1.11. The summed E-state index contributed by atoms with van der Waals surface area (Å²) < 4.78 is 1.87. The van der Waals surface area contributed by atoms with Crippen molar-refractivity contribution in [1.29, 1.82) is 0 Å². The van der Waals surface area contributed by atoms with E-state index in [4.69, 9.17) is 0 Å². The van der Waals surface area contributed by atoms with Crippen LogP contribution in [0.4, 0.5) is 0 Å². The monoisotopic (exact) mass is 202 g/mol. The summed E-state index contributed by atoms with van der Waals surface area (Å²) in [6.45, 7) is 2.11. The molecule has 0 amide bonds. The summed E-state index contributed by atoms with van der Waals surface area (Å²) in [5.41, 5.74) is 3.50. The lowest BCUT2D eigenvalue weighted by Gasteiger charge is -2.12. The third kappa shape index (κ3) is 1.51. The van der Waals surface area contributed by atoms with Crippen LogP contribution in [-0.4, -0.2) is 33.1 Å². The Bertz CT molecular complexity index is 488. The van der Waals surface area contributed by atoms with Gasteiger partial charge in [-0.2, -0.15) is 5.10 Å². The lowest BCUT2D eigenvalue weighted by atomic mass is 10.1. The number of hydrogen-bond acceptors (Lipinski definition) is 3. The molecule has 78 valence electrons. The fourth-order valence-electron chi connectivity index (χ4n) is 2.15. The van der Waals surface area contributed by atoms with Crippen molar-refractivity contribution in [3.8, 4) is 0 Å². The Hall–Kier alpha value is -1.42. The SMILES string of the molecule is CN1CCCc2cn3nccc3nc2C1. The first-order chi connectivity index (χ1) is 7.33. The Balaban J connectivity index is 2.15. The maximum atomic E-state index is 4.64. The summed E-state index contributed by atoms with van der Waals surface area (Å²) in [6.07, 6.45) is 6.24. The zero-order valence-corrected chi connectivity index (χ0v) is 8.85. The predicted molar refractivity (Wildman–Crippen MR) is 57.6 cm³/mol. The Morgan fingerprint density at radius 1 is 1.40 bits per heavy atom. The zero-order valence-electron chi connectivity index (χ0n) is 8.85. The molecule has 0 aromatic carbocycles. The van der Waals surface area contributed by atoms with Crippen molar-refractivity contribution >= 4 is 5.65 Å². The van der Waals surface area contributed by atoms with Gasteiger partial charge in [-0.05, 0) is 32.0 Å². The van der Waals surface area contributed by atoms with E-state index in [1.54, 1.807) is 6.20 Å². The molecule has 0 fully saturated rings. The van der Waals surface area contributed by atoms with Crippen molar-refractivity contribution in [3.63, 3.8) is 0 Å². The maximum absolute atomic E-state index is 4.64. The van der Waals surface area contributed by atoms with Gasteiger partial charge in [-0.1, -0.05) is 0 Å². The van der Waals surface area contributed by atoms with Gasteiger partial charge in [0, 0.05) is 18.8 Å². The van der Waals surface area contributed by atoms with Crippen molar-refractivity contribution in [2.45, 2.75) is 19.4 Å². The van der Waals surface area contributed by atoms with Gasteiger partial charge in [0.1, 0.15) is 0 Å². The second-order valence-electron chi connectivity index (χ2n) is 4.19. The van der Waals surface area contributed by atoms with Gasteiger partial charge in [0.2, 0.25) is 0 Å². The van der Waals surface area contributed by atoms with Crippen molar-refractivity contribution < 1.29 is 0 Å². The van der Waals surface area contributed by atoms with Crippen molar-refractivity contribution in [2.24, 2.45) is 0 Å². The minimum Gasteiger partial charge on any atom is -0.301 e. The van der Waals surface area contributed by atoms with E-state index in [-0.39, 0.29) is 0 Å². The number of aromatic nitrogens is 3. The van der Waals surface area contributed by atoms with E-state index < -0.39 is 0 Å². The fourth-order valence-corrected chi connectivity index (χ4v) is 2.15. The summed E-state index contributed by atoms with van der Waals surface area (Å²) in [4.78, 5) is 6.97. The standard InChI is InChI=1S/C11H14N4/c1-14-6-2-3-9-7-15-11(4-5-12-15)13-10(9)8-14/h4-5,7H,2-3,6,8H2,1H3. The van der Waals surface area contributed by atoms with Crippen LogP contribution in [0.1, 0.15) is 17.7 Å². The summed E-state index contributed by atoms with van der Waals surface area (Å²) in [5.74, 6) is 0. The highest BCUT2D eigenvalue weighted by atomic mass is 15.2. The van der Waals surface area contributed by atoms with E-state index in [0.29, 0.717) is 0 Å². The number of hydrogen-bond donors (Lipinski definition) is 0. The third-order valence-corrected chi connectivity index (χ3v) is 2.95. The molecule has 2 aromatic rings. The van der Waals surface area contributed by atoms with Crippen LogP contribution < -0.4 is 0 Å². The molecule has 15 heavy (non-hydrogen) atoms. The second kappa shape index (κ2) is 3.31. The van der Waals surface area contributed by atoms with Crippen molar-refractivity contribution in [2.75, 3.05) is 13.6 Å². The molecule has 0 N–H and O–H groups in total. The van der Waals surface area contributed by atoms with Crippen molar-refractivity contribution in [1.82, 2.24) is 19.5 Å². The molecule has 0 spiro atoms. The van der Waals surface area contributed by atoms with E-state index in [0.717, 1.165) is 25.2 Å². The van der Waals surface area contributed by atoms with Crippen LogP contribution in [0.2, 0.25) is 0 Å². The molecule has 0 aliphatic carbocycles. The molecule has 1 aliphatic heterocycles. The fraction of sp³-hybridized carbons (Fsp3) is 0.455. The highest BCUT2D eigenvalue weighted by Gasteiger charge is 2.13. The van der Waals surface area contributed by atoms with E-state index in [2.05, 4.69) is 28.2 Å². The van der Waals surface area contributed by atoms with E-state index in [1.807, 2.05) is 10.6 Å². The Labute approximate surface area is 88.5 Å². The van der Waals surface area contributed by atoms with Crippen LogP contribution in [-0.2, 0) is 13.0 Å². The van der Waals surface area contributed by atoms with Gasteiger partial charge in [0.25, 0.3) is 0 Å². The molecule has 0 saturated heterocycles. The molecule has 4 heteroatoms. The maximum Gasteiger partial charge on any atom is 0.155 e. The summed E-state index contributed by atoms with van der Waals surface area (Å²) >= 11 is 0. The van der Waals surface area contributed by atoms with E-state index in [9.17, 15) is 0 Å². The lowest BCUT2D eigenvalue weighted by molar-refractivity contribution is 0.329. The van der Waals surface area contributed by atoms with E-state index >= 15 is 0 Å². The van der Waals surface area contributed by atoms with Crippen LogP contribution in [0.5, 0.6) is 0 Å². The summed E-state index contributed by atoms with van der Waals surface area (Å²) in [6, 6.07) is 1.95. The molecule has 0 bridgehead atoms.